The lowest BCUT2D eigenvalue weighted by molar-refractivity contribution is -0.140. The van der Waals surface area contributed by atoms with Crippen LogP contribution >= 0.6 is 0 Å². The molecule has 0 saturated heterocycles. The van der Waals surface area contributed by atoms with Gasteiger partial charge < -0.3 is 33.2 Å². The fourth-order valence-electron chi connectivity index (χ4n) is 1.74. The van der Waals surface area contributed by atoms with Gasteiger partial charge in [-0.1, -0.05) is 20.4 Å². The first-order valence-electron chi connectivity index (χ1n) is 9.83. The number of hydrogen-bond acceptors (Lipinski definition) is 8. The van der Waals surface area contributed by atoms with E-state index in [1.54, 1.807) is 6.92 Å². The highest BCUT2D eigenvalue weighted by atomic mass is 16.6. The molecule has 0 aromatic rings. The molecule has 8 nitrogen and oxygen atoms in total. The van der Waals surface area contributed by atoms with E-state index in [0.29, 0.717) is 84.2 Å². The number of hydrogen-bond donors (Lipinski definition) is 0. The van der Waals surface area contributed by atoms with Crippen LogP contribution in [-0.2, 0) is 38.0 Å². The topological polar surface area (TPSA) is 81.7 Å². The van der Waals surface area contributed by atoms with Gasteiger partial charge in [0.15, 0.2) is 0 Å². The van der Waals surface area contributed by atoms with Gasteiger partial charge in [0.2, 0.25) is 0 Å². The lowest BCUT2D eigenvalue weighted by Crippen LogP contribution is -2.15. The first-order valence-corrected chi connectivity index (χ1v) is 9.83. The second-order valence-corrected chi connectivity index (χ2v) is 6.45. The highest BCUT2D eigenvalue weighted by Gasteiger charge is 2.01. The average Bonchev–Trinajstić information content (AvgIpc) is 2.65. The zero-order valence-electron chi connectivity index (χ0n) is 17.7. The fourth-order valence-corrected chi connectivity index (χ4v) is 1.74. The minimum absolute atomic E-state index is 0.214. The molecule has 0 spiro atoms. The Balaban J connectivity index is 3.07. The minimum Gasteiger partial charge on any atom is -0.460 e. The molecule has 0 saturated carbocycles. The number of carbonyl (C=O) groups is 1. The molecule has 8 heteroatoms. The van der Waals surface area contributed by atoms with Crippen molar-refractivity contribution >= 4 is 5.97 Å². The number of rotatable bonds is 21. The summed E-state index contributed by atoms with van der Waals surface area (Å²) in [5, 5.41) is 0. The van der Waals surface area contributed by atoms with Crippen molar-refractivity contribution in [3.05, 3.63) is 12.2 Å². The molecule has 0 heterocycles. The maximum Gasteiger partial charge on any atom is 0.333 e. The van der Waals surface area contributed by atoms with Crippen LogP contribution in [0.5, 0.6) is 0 Å². The van der Waals surface area contributed by atoms with Crippen molar-refractivity contribution in [2.45, 2.75) is 20.8 Å². The zero-order chi connectivity index (χ0) is 20.9. The lowest BCUT2D eigenvalue weighted by atomic mass is 10.2. The number of ether oxygens (including phenoxy) is 7. The lowest BCUT2D eigenvalue weighted by Gasteiger charge is -2.09. The van der Waals surface area contributed by atoms with Gasteiger partial charge in [-0.3, -0.25) is 0 Å². The van der Waals surface area contributed by atoms with Crippen LogP contribution in [0, 0.1) is 5.92 Å². The van der Waals surface area contributed by atoms with Crippen LogP contribution in [-0.4, -0.2) is 91.9 Å². The van der Waals surface area contributed by atoms with Gasteiger partial charge in [0.25, 0.3) is 0 Å². The van der Waals surface area contributed by atoms with Crippen LogP contribution < -0.4 is 0 Å². The summed E-state index contributed by atoms with van der Waals surface area (Å²) in [5.41, 5.74) is 0.379. The summed E-state index contributed by atoms with van der Waals surface area (Å²) in [7, 11) is 0. The van der Waals surface area contributed by atoms with Gasteiger partial charge in [-0.2, -0.15) is 0 Å². The average molecular weight is 407 g/mol. The predicted molar refractivity (Wildman–Crippen MR) is 106 cm³/mol. The zero-order valence-corrected chi connectivity index (χ0v) is 17.7. The summed E-state index contributed by atoms with van der Waals surface area (Å²) < 4.78 is 37.1. The van der Waals surface area contributed by atoms with Crippen molar-refractivity contribution in [2.75, 3.05) is 85.9 Å². The van der Waals surface area contributed by atoms with E-state index < -0.39 is 5.97 Å². The maximum atomic E-state index is 11.1. The molecule has 166 valence electrons. The molecule has 0 aromatic heterocycles. The third-order valence-corrected chi connectivity index (χ3v) is 3.12. The first-order chi connectivity index (χ1) is 13.5. The maximum absolute atomic E-state index is 11.1. The third kappa shape index (κ3) is 21.3. The summed E-state index contributed by atoms with van der Waals surface area (Å²) in [6.07, 6.45) is 0. The van der Waals surface area contributed by atoms with Crippen LogP contribution in [0.25, 0.3) is 0 Å². The Morgan fingerprint density at radius 3 is 1.29 bits per heavy atom. The SMILES string of the molecule is C=C(C)C(=O)OCCOCCOCCOCCOCCOCCOCC(C)C. The van der Waals surface area contributed by atoms with Crippen LogP contribution in [0.1, 0.15) is 20.8 Å². The number of carbonyl (C=O) groups excluding carboxylic acids is 1. The van der Waals surface area contributed by atoms with E-state index in [9.17, 15) is 4.79 Å². The Morgan fingerprint density at radius 2 is 0.964 bits per heavy atom. The summed E-state index contributed by atoms with van der Waals surface area (Å²) in [4.78, 5) is 11.1. The van der Waals surface area contributed by atoms with Crippen molar-refractivity contribution in [1.82, 2.24) is 0 Å². The van der Waals surface area contributed by atoms with Crippen LogP contribution in [0.3, 0.4) is 0 Å². The molecule has 0 amide bonds. The molecule has 0 aromatic carbocycles. The largest absolute Gasteiger partial charge is 0.460 e. The highest BCUT2D eigenvalue weighted by Crippen LogP contribution is 1.92. The van der Waals surface area contributed by atoms with Gasteiger partial charge >= 0.3 is 5.97 Å². The normalized spacial score (nSPS) is 11.1. The predicted octanol–water partition coefficient (Wildman–Crippen LogP) is 1.86. The Bertz CT molecular complexity index is 373. The third-order valence-electron chi connectivity index (χ3n) is 3.12. The number of esters is 1. The van der Waals surface area contributed by atoms with Crippen molar-refractivity contribution in [3.8, 4) is 0 Å². The molecular weight excluding hydrogens is 368 g/mol. The molecule has 0 aliphatic heterocycles. The summed E-state index contributed by atoms with van der Waals surface area (Å²) in [5.74, 6) is 0.146. The Kier molecular flexibility index (Phi) is 19.9. The van der Waals surface area contributed by atoms with E-state index in [0.717, 1.165) is 6.61 Å². The highest BCUT2D eigenvalue weighted by molar-refractivity contribution is 5.86. The van der Waals surface area contributed by atoms with Gasteiger partial charge in [-0.15, -0.1) is 0 Å². The van der Waals surface area contributed by atoms with E-state index >= 15 is 0 Å². The molecule has 0 aliphatic rings. The molecule has 0 rings (SSSR count). The van der Waals surface area contributed by atoms with Gasteiger partial charge in [0.1, 0.15) is 6.61 Å². The van der Waals surface area contributed by atoms with E-state index in [2.05, 4.69) is 20.4 Å². The standard InChI is InChI=1S/C20H38O8/c1-18(2)17-27-14-13-25-10-9-23-6-5-22-7-8-24-11-12-26-15-16-28-20(21)19(3)4/h18H,3,5-17H2,1-2,4H3. The molecule has 0 radical (unpaired) electrons. The van der Waals surface area contributed by atoms with Gasteiger partial charge in [0, 0.05) is 12.2 Å². The molecule has 0 fully saturated rings. The molecule has 0 aliphatic carbocycles. The Morgan fingerprint density at radius 1 is 0.643 bits per heavy atom. The second-order valence-electron chi connectivity index (χ2n) is 6.45. The van der Waals surface area contributed by atoms with Crippen LogP contribution in [0.2, 0.25) is 0 Å². The summed E-state index contributed by atoms with van der Waals surface area (Å²) >= 11 is 0. The monoisotopic (exact) mass is 406 g/mol. The smallest absolute Gasteiger partial charge is 0.333 e. The van der Waals surface area contributed by atoms with Crippen molar-refractivity contribution in [1.29, 1.82) is 0 Å². The summed E-state index contributed by atoms with van der Waals surface area (Å²) in [6.45, 7) is 15.9. The van der Waals surface area contributed by atoms with E-state index in [-0.39, 0.29) is 6.61 Å². The minimum atomic E-state index is -0.403. The van der Waals surface area contributed by atoms with Crippen molar-refractivity contribution in [3.63, 3.8) is 0 Å². The fraction of sp³-hybridized carbons (Fsp3) is 0.850. The van der Waals surface area contributed by atoms with E-state index in [4.69, 9.17) is 33.2 Å². The van der Waals surface area contributed by atoms with Crippen molar-refractivity contribution in [2.24, 2.45) is 5.92 Å². The quantitative estimate of drug-likeness (QED) is 0.162. The van der Waals surface area contributed by atoms with Gasteiger partial charge in [-0.25, -0.2) is 4.79 Å². The van der Waals surface area contributed by atoms with Gasteiger partial charge in [-0.05, 0) is 12.8 Å². The Labute approximate surface area is 169 Å². The molecule has 0 unspecified atom stereocenters. The molecule has 0 bridgehead atoms. The molecule has 28 heavy (non-hydrogen) atoms. The van der Waals surface area contributed by atoms with Crippen molar-refractivity contribution < 1.29 is 38.0 Å². The van der Waals surface area contributed by atoms with E-state index in [1.807, 2.05) is 0 Å². The molecule has 0 atom stereocenters. The summed E-state index contributed by atoms with van der Waals surface area (Å²) in [6, 6.07) is 0. The first kappa shape index (κ1) is 27.0. The van der Waals surface area contributed by atoms with E-state index in [1.165, 1.54) is 0 Å². The Hall–Kier alpha value is -1.03. The molecule has 0 N–H and O–H groups in total. The van der Waals surface area contributed by atoms with Gasteiger partial charge in [0.05, 0.1) is 72.7 Å². The second kappa shape index (κ2) is 20.7. The molecular formula is C20H38O8. The van der Waals surface area contributed by atoms with Crippen LogP contribution in [0.4, 0.5) is 0 Å². The van der Waals surface area contributed by atoms with Crippen LogP contribution in [0.15, 0.2) is 12.2 Å².